The minimum absolute atomic E-state index is 0.323. The molecule has 5 rings (SSSR count). The maximum absolute atomic E-state index is 5.48. The van der Waals surface area contributed by atoms with Crippen molar-refractivity contribution in [1.29, 1.82) is 0 Å². The fraction of sp³-hybridized carbons (Fsp3) is 0.538. The number of hydrogen-bond acceptors (Lipinski definition) is 1. The van der Waals surface area contributed by atoms with Crippen LogP contribution in [0.25, 0.3) is 0 Å². The maximum Gasteiger partial charge on any atom is 0.119 e. The van der Waals surface area contributed by atoms with Gasteiger partial charge in [0.2, 0.25) is 0 Å². The number of aryl methyl sites for hydroxylation is 1. The minimum Gasteiger partial charge on any atom is -0.497 e. The molecule has 0 aromatic heterocycles. The highest BCUT2D eigenvalue weighted by atomic mass is 16.5. The van der Waals surface area contributed by atoms with Crippen molar-refractivity contribution in [3.8, 4) is 5.75 Å². The van der Waals surface area contributed by atoms with Crippen molar-refractivity contribution in [3.63, 3.8) is 0 Å². The summed E-state index contributed by atoms with van der Waals surface area (Å²) in [6.45, 7) is 5.18. The first-order chi connectivity index (χ1) is 13.1. The van der Waals surface area contributed by atoms with Crippen LogP contribution in [0.15, 0.2) is 48.5 Å². The zero-order chi connectivity index (χ0) is 18.6. The quantitative estimate of drug-likeness (QED) is 0.593. The lowest BCUT2D eigenvalue weighted by Gasteiger charge is -2.54. The van der Waals surface area contributed by atoms with Gasteiger partial charge < -0.3 is 4.74 Å². The van der Waals surface area contributed by atoms with Gasteiger partial charge in [-0.1, -0.05) is 50.2 Å². The average molecular weight is 361 g/mol. The van der Waals surface area contributed by atoms with E-state index in [0.29, 0.717) is 10.8 Å². The van der Waals surface area contributed by atoms with Crippen molar-refractivity contribution in [2.75, 3.05) is 7.11 Å². The van der Waals surface area contributed by atoms with Crippen LogP contribution < -0.4 is 4.74 Å². The standard InChI is InChI=1S/C26H32O/c1-25(19-7-5-4-6-8-19)16-14-24-23-11-9-18-17-20(27-3)10-12-21(18)22(23)13-15-26(24,25)2/h4-8,10,12,17,22-24H,9,11,13-16H2,1-3H3/t22-,23-,24+,25-,26+/m1/s1. The lowest BCUT2D eigenvalue weighted by molar-refractivity contribution is 0.0176. The molecule has 3 aliphatic rings. The molecule has 0 aliphatic heterocycles. The summed E-state index contributed by atoms with van der Waals surface area (Å²) in [7, 11) is 1.78. The lowest BCUT2D eigenvalue weighted by Crippen LogP contribution is -2.47. The predicted molar refractivity (Wildman–Crippen MR) is 111 cm³/mol. The van der Waals surface area contributed by atoms with Gasteiger partial charge >= 0.3 is 0 Å². The molecule has 0 radical (unpaired) electrons. The number of hydrogen-bond donors (Lipinski definition) is 0. The third-order valence-corrected chi connectivity index (χ3v) is 8.95. The van der Waals surface area contributed by atoms with E-state index in [-0.39, 0.29) is 0 Å². The van der Waals surface area contributed by atoms with Crippen molar-refractivity contribution in [2.45, 2.75) is 63.7 Å². The molecule has 5 atom stereocenters. The Kier molecular flexibility index (Phi) is 3.93. The number of ether oxygens (including phenoxy) is 1. The Morgan fingerprint density at radius 1 is 0.926 bits per heavy atom. The fourth-order valence-corrected chi connectivity index (χ4v) is 7.23. The molecule has 1 nitrogen and oxygen atoms in total. The molecular weight excluding hydrogens is 328 g/mol. The molecule has 0 amide bonds. The molecule has 2 aromatic rings. The average Bonchev–Trinajstić information content (AvgIpc) is 3.00. The summed E-state index contributed by atoms with van der Waals surface area (Å²) in [5.74, 6) is 3.49. The van der Waals surface area contributed by atoms with Crippen molar-refractivity contribution in [3.05, 3.63) is 65.2 Å². The highest BCUT2D eigenvalue weighted by molar-refractivity contribution is 5.41. The summed E-state index contributed by atoms with van der Waals surface area (Å²) in [4.78, 5) is 0. The van der Waals surface area contributed by atoms with Gasteiger partial charge in [0, 0.05) is 0 Å². The molecule has 0 heterocycles. The minimum atomic E-state index is 0.323. The van der Waals surface area contributed by atoms with Gasteiger partial charge in [-0.05, 0) is 95.9 Å². The van der Waals surface area contributed by atoms with E-state index in [1.165, 1.54) is 38.5 Å². The smallest absolute Gasteiger partial charge is 0.119 e. The molecule has 2 aromatic carbocycles. The number of fused-ring (bicyclic) bond motifs is 5. The van der Waals surface area contributed by atoms with Crippen LogP contribution in [-0.4, -0.2) is 7.11 Å². The number of rotatable bonds is 2. The summed E-state index contributed by atoms with van der Waals surface area (Å²) in [5.41, 5.74) is 5.49. The largest absolute Gasteiger partial charge is 0.497 e. The first-order valence-corrected chi connectivity index (χ1v) is 10.8. The Labute approximate surface area is 164 Å². The first-order valence-electron chi connectivity index (χ1n) is 10.8. The van der Waals surface area contributed by atoms with Crippen LogP contribution >= 0.6 is 0 Å². The van der Waals surface area contributed by atoms with Gasteiger partial charge in [-0.2, -0.15) is 0 Å². The SMILES string of the molecule is COc1ccc2c(c1)CC[C@@H]1[C@@H]2CC[C@@]2(C)[C@H]1CC[C@]2(C)c1ccccc1. The van der Waals surface area contributed by atoms with E-state index >= 15 is 0 Å². The highest BCUT2D eigenvalue weighted by Crippen LogP contribution is 2.67. The third kappa shape index (κ3) is 2.36. The third-order valence-electron chi connectivity index (χ3n) is 8.95. The molecule has 0 spiro atoms. The molecule has 2 fully saturated rings. The summed E-state index contributed by atoms with van der Waals surface area (Å²) >= 11 is 0. The predicted octanol–water partition coefficient (Wildman–Crippen LogP) is 6.51. The van der Waals surface area contributed by atoms with E-state index < -0.39 is 0 Å². The molecule has 0 N–H and O–H groups in total. The van der Waals surface area contributed by atoms with Gasteiger partial charge in [0.15, 0.2) is 0 Å². The van der Waals surface area contributed by atoms with E-state index in [9.17, 15) is 0 Å². The molecule has 2 saturated carbocycles. The molecule has 1 heteroatoms. The van der Waals surface area contributed by atoms with Crippen LogP contribution in [0, 0.1) is 17.3 Å². The van der Waals surface area contributed by atoms with Gasteiger partial charge in [0.05, 0.1) is 7.11 Å². The van der Waals surface area contributed by atoms with E-state index in [0.717, 1.165) is 23.5 Å². The van der Waals surface area contributed by atoms with Crippen LogP contribution in [0.2, 0.25) is 0 Å². The Morgan fingerprint density at radius 2 is 1.74 bits per heavy atom. The van der Waals surface area contributed by atoms with Gasteiger partial charge in [-0.15, -0.1) is 0 Å². The molecule has 0 unspecified atom stereocenters. The summed E-state index contributed by atoms with van der Waals surface area (Å²) in [6, 6.07) is 18.2. The van der Waals surface area contributed by atoms with Crippen LogP contribution in [0.3, 0.4) is 0 Å². The Hall–Kier alpha value is -1.76. The molecule has 27 heavy (non-hydrogen) atoms. The van der Waals surface area contributed by atoms with Crippen molar-refractivity contribution in [1.82, 2.24) is 0 Å². The number of methoxy groups -OCH3 is 1. The Balaban J connectivity index is 1.50. The van der Waals surface area contributed by atoms with Crippen molar-refractivity contribution >= 4 is 0 Å². The van der Waals surface area contributed by atoms with Crippen LogP contribution in [0.4, 0.5) is 0 Å². The molecule has 0 saturated heterocycles. The van der Waals surface area contributed by atoms with Crippen LogP contribution in [0.1, 0.15) is 68.6 Å². The zero-order valence-corrected chi connectivity index (χ0v) is 17.0. The monoisotopic (exact) mass is 360 g/mol. The fourth-order valence-electron chi connectivity index (χ4n) is 7.23. The normalized spacial score (nSPS) is 37.2. The van der Waals surface area contributed by atoms with E-state index in [2.05, 4.69) is 62.4 Å². The van der Waals surface area contributed by atoms with E-state index in [1.54, 1.807) is 23.8 Å². The second-order valence-electron chi connectivity index (χ2n) is 9.67. The molecule has 0 bridgehead atoms. The second-order valence-corrected chi connectivity index (χ2v) is 9.67. The number of benzene rings is 2. The summed E-state index contributed by atoms with van der Waals surface area (Å²) in [6.07, 6.45) is 8.03. The van der Waals surface area contributed by atoms with Gasteiger partial charge in [0.1, 0.15) is 5.75 Å². The zero-order valence-electron chi connectivity index (χ0n) is 17.0. The Bertz CT molecular complexity index is 841. The van der Waals surface area contributed by atoms with Crippen molar-refractivity contribution < 1.29 is 4.74 Å². The first kappa shape index (κ1) is 17.3. The molecular formula is C26H32O. The van der Waals surface area contributed by atoms with E-state index in [4.69, 9.17) is 4.74 Å². The highest BCUT2D eigenvalue weighted by Gasteiger charge is 2.60. The van der Waals surface area contributed by atoms with Crippen LogP contribution in [0.5, 0.6) is 5.75 Å². The van der Waals surface area contributed by atoms with Crippen LogP contribution in [-0.2, 0) is 11.8 Å². The van der Waals surface area contributed by atoms with Gasteiger partial charge in [-0.3, -0.25) is 0 Å². The molecule has 142 valence electrons. The second kappa shape index (κ2) is 6.12. The summed E-state index contributed by atoms with van der Waals surface area (Å²) < 4.78 is 5.48. The maximum atomic E-state index is 5.48. The molecule has 3 aliphatic carbocycles. The topological polar surface area (TPSA) is 9.23 Å². The van der Waals surface area contributed by atoms with Crippen molar-refractivity contribution in [2.24, 2.45) is 17.3 Å². The Morgan fingerprint density at radius 3 is 2.52 bits per heavy atom. The van der Waals surface area contributed by atoms with E-state index in [1.807, 2.05) is 0 Å². The summed E-state index contributed by atoms with van der Waals surface area (Å²) in [5, 5.41) is 0. The lowest BCUT2D eigenvalue weighted by atomic mass is 9.50. The van der Waals surface area contributed by atoms with Gasteiger partial charge in [-0.25, -0.2) is 0 Å². The van der Waals surface area contributed by atoms with Gasteiger partial charge in [0.25, 0.3) is 0 Å².